The minimum atomic E-state index is -0.711. The molecule has 6 heteroatoms. The molecule has 0 spiro atoms. The topological polar surface area (TPSA) is 47.4 Å². The van der Waals surface area contributed by atoms with Gasteiger partial charge in [0.15, 0.2) is 5.78 Å². The van der Waals surface area contributed by atoms with Crippen LogP contribution in [0.15, 0.2) is 24.3 Å². The van der Waals surface area contributed by atoms with Gasteiger partial charge < -0.3 is 14.2 Å². The molecule has 3 rings (SSSR count). The number of hydrogen-bond acceptors (Lipinski definition) is 4. The third-order valence-corrected chi connectivity index (χ3v) is 6.24. The summed E-state index contributed by atoms with van der Waals surface area (Å²) < 4.78 is 8.61. The van der Waals surface area contributed by atoms with Crippen LogP contribution < -0.4 is 0 Å². The van der Waals surface area contributed by atoms with Crippen LogP contribution >= 0.6 is 11.6 Å². The average molecular weight is 470 g/mol. The number of likely N-dealkylation sites (N-methyl/N-ethyl adjacent to an activating group) is 1. The van der Waals surface area contributed by atoms with Gasteiger partial charge in [0.1, 0.15) is 11.8 Å². The van der Waals surface area contributed by atoms with Crippen molar-refractivity contribution in [2.24, 2.45) is 0 Å². The molecule has 1 atom stereocenters. The number of fused-ring (bicyclic) bond motifs is 1. The molecule has 0 N–H and O–H groups in total. The highest BCUT2D eigenvalue weighted by Crippen LogP contribution is 2.42. The van der Waals surface area contributed by atoms with Gasteiger partial charge in [0.05, 0.1) is 5.60 Å². The van der Waals surface area contributed by atoms with Gasteiger partial charge in [-0.3, -0.25) is 4.79 Å². The van der Waals surface area contributed by atoms with Crippen molar-refractivity contribution in [3.63, 3.8) is 0 Å². The van der Waals surface area contributed by atoms with Crippen LogP contribution in [0.25, 0.3) is 22.2 Å². The zero-order valence-corrected chi connectivity index (χ0v) is 22.1. The van der Waals surface area contributed by atoms with Crippen molar-refractivity contribution >= 4 is 28.4 Å². The maximum atomic E-state index is 12.9. The third-order valence-electron chi connectivity index (χ3n) is 5.99. The monoisotopic (exact) mass is 469 g/mol. The lowest BCUT2D eigenvalue weighted by molar-refractivity contribution is -0.138. The Balaban J connectivity index is 2.43. The van der Waals surface area contributed by atoms with E-state index in [1.807, 2.05) is 52.0 Å². The molecule has 5 nitrogen and oxygen atoms in total. The number of hydrogen-bond donors (Lipinski definition) is 0. The van der Waals surface area contributed by atoms with Gasteiger partial charge in [0.25, 0.3) is 0 Å². The molecule has 2 aromatic heterocycles. The van der Waals surface area contributed by atoms with E-state index in [2.05, 4.69) is 37.4 Å². The predicted octanol–water partition coefficient (Wildman–Crippen LogP) is 6.29. The molecule has 178 valence electrons. The highest BCUT2D eigenvalue weighted by atomic mass is 35.5. The summed E-state index contributed by atoms with van der Waals surface area (Å²) in [5, 5.41) is 1.74. The average Bonchev–Trinajstić information content (AvgIpc) is 2.93. The fraction of sp³-hybridized carbons (Fsp3) is 0.481. The normalized spacial score (nSPS) is 13.2. The van der Waals surface area contributed by atoms with Crippen molar-refractivity contribution in [2.45, 2.75) is 66.7 Å². The van der Waals surface area contributed by atoms with Gasteiger partial charge in [-0.05, 0) is 85.8 Å². The number of nitrogens with zero attached hydrogens (tertiary/aromatic N) is 3. The second kappa shape index (κ2) is 9.57. The maximum Gasteiger partial charge on any atom is 0.163 e. The highest BCUT2D eigenvalue weighted by Gasteiger charge is 2.31. The third kappa shape index (κ3) is 5.32. The fourth-order valence-corrected chi connectivity index (χ4v) is 4.43. The Morgan fingerprint density at radius 2 is 1.76 bits per heavy atom. The van der Waals surface area contributed by atoms with Crippen LogP contribution in [0.5, 0.6) is 0 Å². The number of benzene rings is 1. The molecule has 0 saturated carbocycles. The van der Waals surface area contributed by atoms with Crippen LogP contribution in [-0.2, 0) is 16.1 Å². The largest absolute Gasteiger partial charge is 0.360 e. The molecule has 33 heavy (non-hydrogen) atoms. The molecule has 0 radical (unpaired) electrons. The minimum absolute atomic E-state index is 0.0363. The standard InChI is InChI=1S/C27H36ClN3O2/c1-16-18(3)31(15-14-30(8)9)26-22(16)24(20-10-12-21(28)13-11-20)23(17(2)29-26)25(19(4)32)33-27(5,6)7/h10-13,25H,14-15H2,1-9H3/t25-/m1/s1. The first-order valence-corrected chi connectivity index (χ1v) is 11.8. The smallest absolute Gasteiger partial charge is 0.163 e. The Kier molecular flexibility index (Phi) is 7.37. The second-order valence-electron chi connectivity index (χ2n) is 10.1. The van der Waals surface area contributed by atoms with E-state index in [1.54, 1.807) is 6.92 Å². The number of aromatic nitrogens is 2. The van der Waals surface area contributed by atoms with Crippen LogP contribution in [0.1, 0.15) is 56.3 Å². The Bertz CT molecular complexity index is 1170. The lowest BCUT2D eigenvalue weighted by Crippen LogP contribution is -2.27. The van der Waals surface area contributed by atoms with Crippen LogP contribution in [0.4, 0.5) is 0 Å². The van der Waals surface area contributed by atoms with Crippen molar-refractivity contribution < 1.29 is 9.53 Å². The number of aryl methyl sites for hydroxylation is 2. The molecule has 0 aliphatic heterocycles. The van der Waals surface area contributed by atoms with E-state index < -0.39 is 11.7 Å². The van der Waals surface area contributed by atoms with E-state index in [0.717, 1.165) is 46.5 Å². The summed E-state index contributed by atoms with van der Waals surface area (Å²) in [5.41, 5.74) is 6.45. The van der Waals surface area contributed by atoms with Crippen molar-refractivity contribution in [1.82, 2.24) is 14.5 Å². The number of halogens is 1. The fourth-order valence-electron chi connectivity index (χ4n) is 4.30. The summed E-state index contributed by atoms with van der Waals surface area (Å²) >= 11 is 6.22. The van der Waals surface area contributed by atoms with Gasteiger partial charge in [-0.15, -0.1) is 0 Å². The van der Waals surface area contributed by atoms with Crippen molar-refractivity contribution in [2.75, 3.05) is 20.6 Å². The first kappa shape index (κ1) is 25.4. The number of carbonyl (C=O) groups is 1. The van der Waals surface area contributed by atoms with Gasteiger partial charge in [-0.25, -0.2) is 4.98 Å². The van der Waals surface area contributed by atoms with Gasteiger partial charge in [-0.2, -0.15) is 0 Å². The number of ketones is 1. The molecule has 0 saturated heterocycles. The van der Waals surface area contributed by atoms with E-state index in [9.17, 15) is 4.79 Å². The molecular weight excluding hydrogens is 434 g/mol. The van der Waals surface area contributed by atoms with Crippen LogP contribution in [-0.4, -0.2) is 46.5 Å². The number of ether oxygens (including phenoxy) is 1. The zero-order chi connectivity index (χ0) is 24.7. The van der Waals surface area contributed by atoms with Crippen LogP contribution in [0.3, 0.4) is 0 Å². The molecule has 0 aliphatic carbocycles. The van der Waals surface area contributed by atoms with E-state index in [1.165, 1.54) is 11.3 Å². The lowest BCUT2D eigenvalue weighted by Gasteiger charge is -2.29. The Hall–Kier alpha value is -2.21. The quantitative estimate of drug-likeness (QED) is 0.408. The predicted molar refractivity (Wildman–Crippen MR) is 137 cm³/mol. The lowest BCUT2D eigenvalue weighted by atomic mass is 9.90. The molecule has 0 amide bonds. The number of pyridine rings is 1. The summed E-state index contributed by atoms with van der Waals surface area (Å²) in [7, 11) is 4.15. The molecule has 1 aromatic carbocycles. The molecule has 0 fully saturated rings. The molecule has 2 heterocycles. The highest BCUT2D eigenvalue weighted by molar-refractivity contribution is 6.30. The second-order valence-corrected chi connectivity index (χ2v) is 10.5. The number of rotatable bonds is 7. The van der Waals surface area contributed by atoms with Crippen LogP contribution in [0, 0.1) is 20.8 Å². The number of carbonyl (C=O) groups excluding carboxylic acids is 1. The number of Topliss-reactive ketones (excluding diaryl/α,β-unsaturated/α-hetero) is 1. The van der Waals surface area contributed by atoms with Gasteiger partial charge in [0, 0.05) is 46.0 Å². The summed E-state index contributed by atoms with van der Waals surface area (Å²) in [6, 6.07) is 7.81. The Morgan fingerprint density at radius 3 is 2.27 bits per heavy atom. The molecule has 3 aromatic rings. The van der Waals surface area contributed by atoms with Crippen LogP contribution in [0.2, 0.25) is 5.02 Å². The van der Waals surface area contributed by atoms with E-state index in [-0.39, 0.29) is 5.78 Å². The molecular formula is C27H36ClN3O2. The van der Waals surface area contributed by atoms with Crippen molar-refractivity contribution in [3.05, 3.63) is 51.8 Å². The summed E-state index contributed by atoms with van der Waals surface area (Å²) in [6.45, 7) is 15.5. The zero-order valence-electron chi connectivity index (χ0n) is 21.3. The van der Waals surface area contributed by atoms with Crippen molar-refractivity contribution in [3.8, 4) is 11.1 Å². The summed E-state index contributed by atoms with van der Waals surface area (Å²) in [6.07, 6.45) is -0.711. The maximum absolute atomic E-state index is 12.9. The Morgan fingerprint density at radius 1 is 1.15 bits per heavy atom. The van der Waals surface area contributed by atoms with E-state index in [4.69, 9.17) is 21.3 Å². The summed E-state index contributed by atoms with van der Waals surface area (Å²) in [5.74, 6) is -0.0363. The molecule has 0 unspecified atom stereocenters. The van der Waals surface area contributed by atoms with Gasteiger partial charge >= 0.3 is 0 Å². The first-order chi connectivity index (χ1) is 15.3. The van der Waals surface area contributed by atoms with Gasteiger partial charge in [0.2, 0.25) is 0 Å². The first-order valence-electron chi connectivity index (χ1n) is 11.4. The van der Waals surface area contributed by atoms with E-state index in [0.29, 0.717) is 5.02 Å². The van der Waals surface area contributed by atoms with Gasteiger partial charge in [-0.1, -0.05) is 23.7 Å². The van der Waals surface area contributed by atoms with Crippen molar-refractivity contribution in [1.29, 1.82) is 0 Å². The van der Waals surface area contributed by atoms with E-state index >= 15 is 0 Å². The minimum Gasteiger partial charge on any atom is -0.360 e. The molecule has 0 aliphatic rings. The Labute approximate surface area is 202 Å². The molecule has 0 bridgehead atoms. The SMILES string of the molecule is CC(=O)[C@@H](OC(C)(C)C)c1c(C)nc2c(c(C)c(C)n2CCN(C)C)c1-c1ccc(Cl)cc1. The summed E-state index contributed by atoms with van der Waals surface area (Å²) in [4.78, 5) is 20.1.